The Balaban J connectivity index is 2.64. The van der Waals surface area contributed by atoms with Crippen LogP contribution in [0.1, 0.15) is 33.6 Å². The van der Waals surface area contributed by atoms with E-state index < -0.39 is 12.7 Å². The molecular weight excluding hydrogens is 229 g/mol. The van der Waals surface area contributed by atoms with Gasteiger partial charge in [0.2, 0.25) is 0 Å². The van der Waals surface area contributed by atoms with Gasteiger partial charge in [-0.2, -0.15) is 13.2 Å². The highest BCUT2D eigenvalue weighted by atomic mass is 19.4. The van der Waals surface area contributed by atoms with Crippen LogP contribution in [-0.4, -0.2) is 42.8 Å². The topological polar surface area (TPSA) is 15.3 Å². The van der Waals surface area contributed by atoms with Crippen LogP contribution < -0.4 is 5.32 Å². The van der Waals surface area contributed by atoms with Crippen LogP contribution in [0.2, 0.25) is 0 Å². The smallest absolute Gasteiger partial charge is 0.315 e. The van der Waals surface area contributed by atoms with Crippen molar-refractivity contribution >= 4 is 0 Å². The van der Waals surface area contributed by atoms with Crippen LogP contribution in [0.15, 0.2) is 0 Å². The lowest BCUT2D eigenvalue weighted by molar-refractivity contribution is -0.154. The van der Waals surface area contributed by atoms with Gasteiger partial charge in [-0.25, -0.2) is 0 Å². The fourth-order valence-electron chi connectivity index (χ4n) is 2.16. The van der Waals surface area contributed by atoms with Crippen LogP contribution in [-0.2, 0) is 0 Å². The van der Waals surface area contributed by atoms with E-state index in [1.165, 1.54) is 0 Å². The van der Waals surface area contributed by atoms with Gasteiger partial charge in [-0.15, -0.1) is 0 Å². The number of nitrogens with one attached hydrogen (secondary N) is 1. The molecule has 1 N–H and O–H groups in total. The van der Waals surface area contributed by atoms with E-state index in [0.717, 1.165) is 19.4 Å². The molecule has 0 bridgehead atoms. The quantitative estimate of drug-likeness (QED) is 0.749. The number of hydrogen-bond donors (Lipinski definition) is 1. The first-order chi connectivity index (χ1) is 7.85. The molecule has 0 spiro atoms. The Morgan fingerprint density at radius 3 is 2.24 bits per heavy atom. The molecule has 0 saturated heterocycles. The van der Waals surface area contributed by atoms with Gasteiger partial charge in [0.25, 0.3) is 0 Å². The summed E-state index contributed by atoms with van der Waals surface area (Å²) in [6.45, 7) is 6.63. The molecule has 0 aromatic rings. The molecule has 1 saturated carbocycles. The summed E-state index contributed by atoms with van der Waals surface area (Å²) in [6, 6.07) is 0.117. The fourth-order valence-corrected chi connectivity index (χ4v) is 2.16. The average molecular weight is 252 g/mol. The molecule has 1 atom stereocenters. The predicted molar refractivity (Wildman–Crippen MR) is 63.0 cm³/mol. The van der Waals surface area contributed by atoms with Gasteiger partial charge < -0.3 is 5.32 Å². The lowest BCUT2D eigenvalue weighted by Gasteiger charge is -2.35. The largest absolute Gasteiger partial charge is 0.401 e. The third-order valence-corrected chi connectivity index (χ3v) is 3.18. The van der Waals surface area contributed by atoms with Gasteiger partial charge in [-0.1, -0.05) is 20.8 Å². The number of nitrogens with zero attached hydrogens (tertiary/aromatic N) is 1. The van der Waals surface area contributed by atoms with E-state index in [0.29, 0.717) is 6.54 Å². The lowest BCUT2D eigenvalue weighted by Crippen LogP contribution is -2.50. The third kappa shape index (κ3) is 5.25. The Bertz CT molecular complexity index is 224. The Morgan fingerprint density at radius 2 is 1.88 bits per heavy atom. The Labute approximate surface area is 102 Å². The van der Waals surface area contributed by atoms with E-state index in [1.807, 2.05) is 20.8 Å². The summed E-state index contributed by atoms with van der Waals surface area (Å²) in [6.07, 6.45) is -2.28. The van der Waals surface area contributed by atoms with E-state index >= 15 is 0 Å². The molecule has 1 aliphatic carbocycles. The van der Waals surface area contributed by atoms with E-state index in [1.54, 1.807) is 4.90 Å². The van der Waals surface area contributed by atoms with Crippen LogP contribution in [0.25, 0.3) is 0 Å². The second kappa shape index (κ2) is 6.05. The molecule has 1 aliphatic rings. The van der Waals surface area contributed by atoms with E-state index in [9.17, 15) is 13.2 Å². The second-order valence-electron chi connectivity index (χ2n) is 5.14. The van der Waals surface area contributed by atoms with Gasteiger partial charge in [0.15, 0.2) is 0 Å². The van der Waals surface area contributed by atoms with Crippen molar-refractivity contribution in [2.45, 2.75) is 51.9 Å². The number of halogens is 3. The highest BCUT2D eigenvalue weighted by Crippen LogP contribution is 2.33. The summed E-state index contributed by atoms with van der Waals surface area (Å²) >= 11 is 0. The van der Waals surface area contributed by atoms with Gasteiger partial charge in [0.05, 0.1) is 6.54 Å². The van der Waals surface area contributed by atoms with Crippen LogP contribution in [0, 0.1) is 5.92 Å². The summed E-state index contributed by atoms with van der Waals surface area (Å²) in [5.41, 5.74) is 0. The maximum atomic E-state index is 12.6. The zero-order valence-corrected chi connectivity index (χ0v) is 10.8. The fraction of sp³-hybridized carbons (Fsp3) is 1.00. The summed E-state index contributed by atoms with van der Waals surface area (Å²) in [5.74, 6) is 0.233. The minimum Gasteiger partial charge on any atom is -0.315 e. The number of alkyl halides is 3. The predicted octanol–water partition coefficient (Wildman–Crippen LogP) is 2.65. The SMILES string of the molecule is CCNCC(C(C)C)N(CC(F)(F)F)C1CC1. The average Bonchev–Trinajstić information content (AvgIpc) is 2.97. The van der Waals surface area contributed by atoms with Gasteiger partial charge in [0, 0.05) is 18.6 Å². The van der Waals surface area contributed by atoms with Crippen molar-refractivity contribution in [3.8, 4) is 0 Å². The Morgan fingerprint density at radius 1 is 1.29 bits per heavy atom. The maximum Gasteiger partial charge on any atom is 0.401 e. The zero-order valence-electron chi connectivity index (χ0n) is 10.8. The van der Waals surface area contributed by atoms with Crippen LogP contribution >= 0.6 is 0 Å². The van der Waals surface area contributed by atoms with Crippen LogP contribution in [0.3, 0.4) is 0 Å². The molecule has 0 aliphatic heterocycles. The molecule has 0 radical (unpaired) electrons. The van der Waals surface area contributed by atoms with Crippen LogP contribution in [0.4, 0.5) is 13.2 Å². The molecule has 102 valence electrons. The Kier molecular flexibility index (Phi) is 5.25. The summed E-state index contributed by atoms with van der Waals surface area (Å²) in [7, 11) is 0. The second-order valence-corrected chi connectivity index (χ2v) is 5.14. The monoisotopic (exact) mass is 252 g/mol. The van der Waals surface area contributed by atoms with E-state index in [2.05, 4.69) is 5.32 Å². The number of hydrogen-bond acceptors (Lipinski definition) is 2. The minimum atomic E-state index is -4.10. The van der Waals surface area contributed by atoms with Crippen molar-refractivity contribution in [3.05, 3.63) is 0 Å². The lowest BCUT2D eigenvalue weighted by atomic mass is 10.0. The Hall–Kier alpha value is -0.290. The summed E-state index contributed by atoms with van der Waals surface area (Å²) in [4.78, 5) is 1.65. The van der Waals surface area contributed by atoms with Gasteiger partial charge in [0.1, 0.15) is 0 Å². The molecule has 1 fully saturated rings. The van der Waals surface area contributed by atoms with Crippen molar-refractivity contribution < 1.29 is 13.2 Å². The molecule has 1 rings (SSSR count). The van der Waals surface area contributed by atoms with Gasteiger partial charge in [-0.3, -0.25) is 4.90 Å². The normalized spacial score (nSPS) is 19.1. The number of rotatable bonds is 7. The molecule has 0 aromatic heterocycles. The minimum absolute atomic E-state index is 0.0240. The van der Waals surface area contributed by atoms with Crippen LogP contribution in [0.5, 0.6) is 0 Å². The number of likely N-dealkylation sites (N-methyl/N-ethyl adjacent to an activating group) is 1. The molecule has 17 heavy (non-hydrogen) atoms. The van der Waals surface area contributed by atoms with Crippen molar-refractivity contribution in [1.29, 1.82) is 0 Å². The molecule has 0 amide bonds. The molecular formula is C12H23F3N2. The maximum absolute atomic E-state index is 12.6. The standard InChI is InChI=1S/C12H23F3N2/c1-4-16-7-11(9(2)3)17(10-5-6-10)8-12(13,14)15/h9-11,16H,4-8H2,1-3H3. The zero-order chi connectivity index (χ0) is 13.1. The van der Waals surface area contributed by atoms with Gasteiger partial charge >= 0.3 is 6.18 Å². The third-order valence-electron chi connectivity index (χ3n) is 3.18. The molecule has 2 nitrogen and oxygen atoms in total. The van der Waals surface area contributed by atoms with Crippen molar-refractivity contribution in [3.63, 3.8) is 0 Å². The summed E-state index contributed by atoms with van der Waals surface area (Å²) in [5, 5.41) is 3.17. The highest BCUT2D eigenvalue weighted by Gasteiger charge is 2.41. The summed E-state index contributed by atoms with van der Waals surface area (Å²) < 4.78 is 37.7. The van der Waals surface area contributed by atoms with Crippen molar-refractivity contribution in [2.75, 3.05) is 19.6 Å². The molecule has 5 heteroatoms. The van der Waals surface area contributed by atoms with Crippen molar-refractivity contribution in [2.24, 2.45) is 5.92 Å². The molecule has 1 unspecified atom stereocenters. The van der Waals surface area contributed by atoms with E-state index in [-0.39, 0.29) is 18.0 Å². The first-order valence-electron chi connectivity index (χ1n) is 6.38. The highest BCUT2D eigenvalue weighted by molar-refractivity contribution is 4.91. The van der Waals surface area contributed by atoms with Gasteiger partial charge in [-0.05, 0) is 25.3 Å². The van der Waals surface area contributed by atoms with Crippen molar-refractivity contribution in [1.82, 2.24) is 10.2 Å². The first-order valence-corrected chi connectivity index (χ1v) is 6.38. The molecule has 0 heterocycles. The van der Waals surface area contributed by atoms with E-state index in [4.69, 9.17) is 0 Å². The molecule has 0 aromatic carbocycles. The first kappa shape index (κ1) is 14.8.